The van der Waals surface area contributed by atoms with Crippen LogP contribution in [0.5, 0.6) is 0 Å². The number of aryl methyl sites for hydroxylation is 2. The first kappa shape index (κ1) is 21.2. The molecule has 0 radical (unpaired) electrons. The Morgan fingerprint density at radius 3 is 2.33 bits per heavy atom. The van der Waals surface area contributed by atoms with Crippen LogP contribution in [0.25, 0.3) is 10.9 Å². The number of para-hydroxylation sites is 1. The third-order valence-corrected chi connectivity index (χ3v) is 5.14. The number of pyridine rings is 1. The topological polar surface area (TPSA) is 22.0 Å². The van der Waals surface area contributed by atoms with Gasteiger partial charge < -0.3 is 4.57 Å². The van der Waals surface area contributed by atoms with E-state index in [1.807, 2.05) is 30.3 Å². The zero-order valence-corrected chi connectivity index (χ0v) is 17.1. The highest BCUT2D eigenvalue weighted by molar-refractivity contribution is 5.79. The predicted molar refractivity (Wildman–Crippen MR) is 118 cm³/mol. The summed E-state index contributed by atoms with van der Waals surface area (Å²) in [7, 11) is 2.07. The molecule has 0 atom stereocenters. The summed E-state index contributed by atoms with van der Waals surface area (Å²) in [6, 6.07) is 9.68. The normalized spacial score (nSPS) is 11.9. The van der Waals surface area contributed by atoms with Crippen molar-refractivity contribution in [3.8, 4) is 0 Å². The molecule has 0 saturated carbocycles. The van der Waals surface area contributed by atoms with Crippen molar-refractivity contribution in [2.45, 2.75) is 71.1 Å². The summed E-state index contributed by atoms with van der Waals surface area (Å²) >= 11 is 0. The summed E-state index contributed by atoms with van der Waals surface area (Å²) in [5, 5.41) is 0.813. The fourth-order valence-electron chi connectivity index (χ4n) is 3.46. The molecule has 0 bridgehead atoms. The van der Waals surface area contributed by atoms with Gasteiger partial charge in [-0.15, -0.1) is 0 Å². The van der Waals surface area contributed by atoms with Gasteiger partial charge in [-0.2, -0.15) is 0 Å². The van der Waals surface area contributed by atoms with Crippen LogP contribution in [0, 0.1) is 0 Å². The van der Waals surface area contributed by atoms with Crippen LogP contribution in [0.15, 0.2) is 59.4 Å². The van der Waals surface area contributed by atoms with Gasteiger partial charge in [0.15, 0.2) is 5.43 Å². The number of benzene rings is 1. The van der Waals surface area contributed by atoms with Crippen LogP contribution in [0.1, 0.15) is 70.4 Å². The van der Waals surface area contributed by atoms with Crippen molar-refractivity contribution < 1.29 is 0 Å². The van der Waals surface area contributed by atoms with E-state index in [-0.39, 0.29) is 5.43 Å². The second-order valence-electron chi connectivity index (χ2n) is 7.35. The summed E-state index contributed by atoms with van der Waals surface area (Å²) in [4.78, 5) is 12.3. The Labute approximate surface area is 164 Å². The van der Waals surface area contributed by atoms with E-state index in [9.17, 15) is 4.79 Å². The molecular weight excluding hydrogens is 330 g/mol. The van der Waals surface area contributed by atoms with E-state index in [1.165, 1.54) is 38.5 Å². The molecule has 2 aromatic rings. The maximum Gasteiger partial charge on any atom is 0.189 e. The van der Waals surface area contributed by atoms with Gasteiger partial charge >= 0.3 is 0 Å². The van der Waals surface area contributed by atoms with Gasteiger partial charge in [-0.1, -0.05) is 62.6 Å². The van der Waals surface area contributed by atoms with Gasteiger partial charge in [-0.25, -0.2) is 0 Å². The number of aromatic nitrogens is 1. The van der Waals surface area contributed by atoms with E-state index in [1.54, 1.807) is 0 Å². The highest BCUT2D eigenvalue weighted by atomic mass is 16.1. The Kier molecular flexibility index (Phi) is 9.68. The molecule has 1 heterocycles. The van der Waals surface area contributed by atoms with Crippen LogP contribution in [0.3, 0.4) is 0 Å². The first-order chi connectivity index (χ1) is 13.2. The zero-order valence-electron chi connectivity index (χ0n) is 17.1. The van der Waals surface area contributed by atoms with Crippen molar-refractivity contribution in [2.24, 2.45) is 7.05 Å². The number of rotatable bonds is 12. The summed E-state index contributed by atoms with van der Waals surface area (Å²) in [6.45, 7) is 2.25. The Hall–Kier alpha value is -2.09. The lowest BCUT2D eigenvalue weighted by molar-refractivity contribution is 0.663. The summed E-state index contributed by atoms with van der Waals surface area (Å²) in [5.41, 5.74) is 2.32. The molecule has 0 spiro atoms. The van der Waals surface area contributed by atoms with Gasteiger partial charge in [-0.3, -0.25) is 4.79 Å². The van der Waals surface area contributed by atoms with E-state index < -0.39 is 0 Å². The van der Waals surface area contributed by atoms with E-state index >= 15 is 0 Å². The van der Waals surface area contributed by atoms with Crippen molar-refractivity contribution >= 4 is 10.9 Å². The van der Waals surface area contributed by atoms with Crippen LogP contribution >= 0.6 is 0 Å². The average Bonchev–Trinajstić information content (AvgIpc) is 2.69. The minimum atomic E-state index is 0.143. The Morgan fingerprint density at radius 1 is 0.889 bits per heavy atom. The number of unbranched alkanes of at least 4 members (excludes halogenated alkanes) is 6. The van der Waals surface area contributed by atoms with Gasteiger partial charge in [0.05, 0.1) is 5.52 Å². The number of hydrogen-bond donors (Lipinski definition) is 0. The third-order valence-electron chi connectivity index (χ3n) is 5.14. The molecule has 0 saturated heterocycles. The Balaban J connectivity index is 1.65. The molecule has 2 nitrogen and oxygen atoms in total. The molecule has 27 heavy (non-hydrogen) atoms. The standard InChI is InChI=1S/C25H35NO/c1-3-4-5-6-7-8-9-10-11-12-13-14-15-18-22-21-25(27)23-19-16-17-20-24(23)26(22)2/h7-8,10-11,16-17,19-21H,3-6,9,12-15,18H2,1-2H3/b8-7+,11-10+. The van der Waals surface area contributed by atoms with Crippen LogP contribution in [0.2, 0.25) is 0 Å². The SMILES string of the molecule is CCCCC/C=C/C/C=C/CCCCCc1cc(=O)c2ccccc2n1C. The van der Waals surface area contributed by atoms with Gasteiger partial charge in [-0.05, 0) is 57.1 Å². The second-order valence-corrected chi connectivity index (χ2v) is 7.35. The molecule has 146 valence electrons. The summed E-state index contributed by atoms with van der Waals surface area (Å²) in [5.74, 6) is 0. The molecule has 0 fully saturated rings. The summed E-state index contributed by atoms with van der Waals surface area (Å²) in [6.07, 6.45) is 21.1. The molecule has 2 rings (SSSR count). The van der Waals surface area contributed by atoms with Crippen molar-refractivity contribution in [2.75, 3.05) is 0 Å². The maximum absolute atomic E-state index is 12.3. The lowest BCUT2D eigenvalue weighted by Crippen LogP contribution is -2.11. The lowest BCUT2D eigenvalue weighted by atomic mass is 10.1. The number of nitrogens with zero attached hydrogens (tertiary/aromatic N) is 1. The lowest BCUT2D eigenvalue weighted by Gasteiger charge is -2.12. The van der Waals surface area contributed by atoms with Crippen LogP contribution in [0.4, 0.5) is 0 Å². The minimum absolute atomic E-state index is 0.143. The largest absolute Gasteiger partial charge is 0.347 e. The summed E-state index contributed by atoms with van der Waals surface area (Å²) < 4.78 is 2.17. The molecule has 0 amide bonds. The van der Waals surface area contributed by atoms with Gasteiger partial charge in [0, 0.05) is 24.2 Å². The van der Waals surface area contributed by atoms with Gasteiger partial charge in [0.2, 0.25) is 0 Å². The monoisotopic (exact) mass is 365 g/mol. The highest BCUT2D eigenvalue weighted by Crippen LogP contribution is 2.14. The maximum atomic E-state index is 12.3. The minimum Gasteiger partial charge on any atom is -0.347 e. The van der Waals surface area contributed by atoms with Crippen molar-refractivity contribution in [1.29, 1.82) is 0 Å². The highest BCUT2D eigenvalue weighted by Gasteiger charge is 2.05. The fourth-order valence-corrected chi connectivity index (χ4v) is 3.46. The molecule has 0 aliphatic heterocycles. The van der Waals surface area contributed by atoms with Crippen LogP contribution < -0.4 is 5.43 Å². The molecule has 1 aromatic carbocycles. The molecule has 1 aromatic heterocycles. The first-order valence-corrected chi connectivity index (χ1v) is 10.6. The zero-order chi connectivity index (χ0) is 19.3. The van der Waals surface area contributed by atoms with Crippen LogP contribution in [-0.2, 0) is 13.5 Å². The van der Waals surface area contributed by atoms with Crippen molar-refractivity contribution in [1.82, 2.24) is 4.57 Å². The predicted octanol–water partition coefficient (Wildman–Crippen LogP) is 6.72. The van der Waals surface area contributed by atoms with Crippen LogP contribution in [-0.4, -0.2) is 4.57 Å². The Bertz CT molecular complexity index is 798. The third kappa shape index (κ3) is 7.21. The fraction of sp³-hybridized carbons (Fsp3) is 0.480. The smallest absolute Gasteiger partial charge is 0.189 e. The van der Waals surface area contributed by atoms with E-state index in [4.69, 9.17) is 0 Å². The van der Waals surface area contributed by atoms with Gasteiger partial charge in [0.1, 0.15) is 0 Å². The quantitative estimate of drug-likeness (QED) is 0.302. The van der Waals surface area contributed by atoms with E-state index in [2.05, 4.69) is 42.8 Å². The van der Waals surface area contributed by atoms with E-state index in [0.717, 1.165) is 42.3 Å². The molecule has 0 unspecified atom stereocenters. The van der Waals surface area contributed by atoms with Gasteiger partial charge in [0.25, 0.3) is 0 Å². The molecule has 2 heteroatoms. The first-order valence-electron chi connectivity index (χ1n) is 10.6. The Morgan fingerprint density at radius 2 is 1.59 bits per heavy atom. The van der Waals surface area contributed by atoms with Crippen molar-refractivity contribution in [3.63, 3.8) is 0 Å². The number of hydrogen-bond acceptors (Lipinski definition) is 1. The molecular formula is C25H35NO. The second kappa shape index (κ2) is 12.3. The number of allylic oxidation sites excluding steroid dienone is 4. The molecule has 0 aliphatic rings. The average molecular weight is 366 g/mol. The van der Waals surface area contributed by atoms with E-state index in [0.29, 0.717) is 0 Å². The molecule has 0 aliphatic carbocycles. The van der Waals surface area contributed by atoms with Crippen molar-refractivity contribution in [3.05, 3.63) is 70.6 Å². The molecule has 0 N–H and O–H groups in total. The number of fused-ring (bicyclic) bond motifs is 1.